The van der Waals surface area contributed by atoms with Crippen LogP contribution in [0.2, 0.25) is 0 Å². The Morgan fingerprint density at radius 2 is 1.95 bits per heavy atom. The molecule has 1 aliphatic rings. The Bertz CT molecular complexity index is 437. The molecule has 0 radical (unpaired) electrons. The number of nitrogens with zero attached hydrogens (tertiary/aromatic N) is 1. The molecule has 0 aliphatic heterocycles. The van der Waals surface area contributed by atoms with Crippen molar-refractivity contribution in [2.45, 2.75) is 58.2 Å². The molecule has 0 amide bonds. The molecule has 0 aromatic carbocycles. The van der Waals surface area contributed by atoms with Gasteiger partial charge in [0.15, 0.2) is 0 Å². The number of hydrogen-bond acceptors (Lipinski definition) is 2. The summed E-state index contributed by atoms with van der Waals surface area (Å²) < 4.78 is 37.3. The molecular formula is C15H21F3N2. The molecule has 0 saturated heterocycles. The fraction of sp³-hybridized carbons (Fsp3) is 0.667. The summed E-state index contributed by atoms with van der Waals surface area (Å²) in [5.41, 5.74) is 0.196. The fourth-order valence-corrected chi connectivity index (χ4v) is 2.69. The Hall–Kier alpha value is -1.26. The minimum atomic E-state index is -4.37. The highest BCUT2D eigenvalue weighted by atomic mass is 19.4. The zero-order chi connectivity index (χ0) is 14.8. The van der Waals surface area contributed by atoms with Crippen molar-refractivity contribution >= 4 is 5.69 Å². The molecule has 1 atom stereocenters. The zero-order valence-electron chi connectivity index (χ0n) is 11.9. The predicted molar refractivity (Wildman–Crippen MR) is 73.5 cm³/mol. The molecule has 1 unspecified atom stereocenters. The van der Waals surface area contributed by atoms with Gasteiger partial charge in [0.1, 0.15) is 5.69 Å². The summed E-state index contributed by atoms with van der Waals surface area (Å²) in [6.45, 7) is 4.55. The van der Waals surface area contributed by atoms with Crippen LogP contribution < -0.4 is 5.32 Å². The van der Waals surface area contributed by atoms with Gasteiger partial charge in [0.25, 0.3) is 0 Å². The van der Waals surface area contributed by atoms with Crippen molar-refractivity contribution in [3.05, 3.63) is 24.0 Å². The number of aromatic nitrogens is 1. The van der Waals surface area contributed by atoms with Gasteiger partial charge in [0.05, 0.1) is 11.9 Å². The number of anilines is 1. The number of alkyl halides is 3. The van der Waals surface area contributed by atoms with E-state index in [4.69, 9.17) is 0 Å². The minimum absolute atomic E-state index is 0.329. The van der Waals surface area contributed by atoms with Crippen molar-refractivity contribution in [3.8, 4) is 0 Å². The van der Waals surface area contributed by atoms with Crippen LogP contribution in [0.25, 0.3) is 0 Å². The SMILES string of the molecule is CC1(C)CCCC(Nc2ccc(C(F)(F)F)nc2)CC1. The molecule has 20 heavy (non-hydrogen) atoms. The smallest absolute Gasteiger partial charge is 0.381 e. The molecule has 1 N–H and O–H groups in total. The highest BCUT2D eigenvalue weighted by Crippen LogP contribution is 2.35. The Balaban J connectivity index is 1.96. The lowest BCUT2D eigenvalue weighted by molar-refractivity contribution is -0.141. The average molecular weight is 286 g/mol. The van der Waals surface area contributed by atoms with Crippen molar-refractivity contribution in [2.24, 2.45) is 5.41 Å². The molecule has 1 saturated carbocycles. The maximum absolute atomic E-state index is 12.4. The van der Waals surface area contributed by atoms with Gasteiger partial charge in [-0.25, -0.2) is 4.98 Å². The van der Waals surface area contributed by atoms with Gasteiger partial charge < -0.3 is 5.32 Å². The van der Waals surface area contributed by atoms with Crippen LogP contribution in [0.3, 0.4) is 0 Å². The highest BCUT2D eigenvalue weighted by molar-refractivity contribution is 5.42. The summed E-state index contributed by atoms with van der Waals surface area (Å²) in [5.74, 6) is 0. The number of rotatable bonds is 2. The lowest BCUT2D eigenvalue weighted by Gasteiger charge is -2.22. The van der Waals surface area contributed by atoms with Gasteiger partial charge in [-0.3, -0.25) is 0 Å². The first-order valence-electron chi connectivity index (χ1n) is 7.06. The summed E-state index contributed by atoms with van der Waals surface area (Å²) in [6.07, 6.45) is 2.51. The van der Waals surface area contributed by atoms with Crippen molar-refractivity contribution in [1.82, 2.24) is 4.98 Å². The quantitative estimate of drug-likeness (QED) is 0.784. The maximum Gasteiger partial charge on any atom is 0.433 e. The van der Waals surface area contributed by atoms with Gasteiger partial charge in [-0.15, -0.1) is 0 Å². The number of pyridine rings is 1. The summed E-state index contributed by atoms with van der Waals surface area (Å²) in [5, 5.41) is 3.31. The van der Waals surface area contributed by atoms with Crippen LogP contribution in [-0.2, 0) is 6.18 Å². The molecule has 1 aromatic rings. The molecule has 1 fully saturated rings. The Kier molecular flexibility index (Phi) is 4.25. The van der Waals surface area contributed by atoms with Crippen molar-refractivity contribution in [1.29, 1.82) is 0 Å². The first-order valence-corrected chi connectivity index (χ1v) is 7.06. The lowest BCUT2D eigenvalue weighted by atomic mass is 9.85. The van der Waals surface area contributed by atoms with Crippen LogP contribution in [0.1, 0.15) is 51.6 Å². The zero-order valence-corrected chi connectivity index (χ0v) is 11.9. The number of nitrogens with one attached hydrogen (secondary N) is 1. The number of hydrogen-bond donors (Lipinski definition) is 1. The second-order valence-corrected chi connectivity index (χ2v) is 6.37. The third-order valence-corrected chi connectivity index (χ3v) is 4.00. The molecule has 1 aromatic heterocycles. The predicted octanol–water partition coefficient (Wildman–Crippen LogP) is 4.87. The van der Waals surface area contributed by atoms with E-state index in [1.165, 1.54) is 18.7 Å². The summed E-state index contributed by atoms with van der Waals surface area (Å²) in [4.78, 5) is 3.48. The second-order valence-electron chi connectivity index (χ2n) is 6.37. The summed E-state index contributed by atoms with van der Waals surface area (Å²) >= 11 is 0. The van der Waals surface area contributed by atoms with E-state index in [9.17, 15) is 13.2 Å². The number of halogens is 3. The first kappa shape index (κ1) is 15.1. The Morgan fingerprint density at radius 3 is 2.55 bits per heavy atom. The van der Waals surface area contributed by atoms with E-state index in [1.807, 2.05) is 0 Å². The van der Waals surface area contributed by atoms with Gasteiger partial charge in [0, 0.05) is 6.04 Å². The minimum Gasteiger partial charge on any atom is -0.381 e. The largest absolute Gasteiger partial charge is 0.433 e. The third-order valence-electron chi connectivity index (χ3n) is 4.00. The maximum atomic E-state index is 12.4. The van der Waals surface area contributed by atoms with E-state index >= 15 is 0 Å². The van der Waals surface area contributed by atoms with Crippen LogP contribution in [-0.4, -0.2) is 11.0 Å². The van der Waals surface area contributed by atoms with Crippen LogP contribution in [0, 0.1) is 5.41 Å². The van der Waals surface area contributed by atoms with Gasteiger partial charge in [-0.05, 0) is 43.2 Å². The fourth-order valence-electron chi connectivity index (χ4n) is 2.69. The lowest BCUT2D eigenvalue weighted by Crippen LogP contribution is -2.19. The molecule has 2 nitrogen and oxygen atoms in total. The van der Waals surface area contributed by atoms with Crippen LogP contribution in [0.4, 0.5) is 18.9 Å². The second kappa shape index (κ2) is 5.62. The van der Waals surface area contributed by atoms with Gasteiger partial charge in [-0.2, -0.15) is 13.2 Å². The molecular weight excluding hydrogens is 265 g/mol. The van der Waals surface area contributed by atoms with Crippen molar-refractivity contribution in [3.63, 3.8) is 0 Å². The highest BCUT2D eigenvalue weighted by Gasteiger charge is 2.32. The van der Waals surface area contributed by atoms with Crippen LogP contribution >= 0.6 is 0 Å². The normalized spacial score (nSPS) is 23.1. The topological polar surface area (TPSA) is 24.9 Å². The molecule has 1 heterocycles. The van der Waals surface area contributed by atoms with E-state index in [1.54, 1.807) is 0 Å². The third kappa shape index (κ3) is 4.12. The van der Waals surface area contributed by atoms with Gasteiger partial charge in [0.2, 0.25) is 0 Å². The van der Waals surface area contributed by atoms with E-state index < -0.39 is 11.9 Å². The van der Waals surface area contributed by atoms with Crippen LogP contribution in [0.15, 0.2) is 18.3 Å². The monoisotopic (exact) mass is 286 g/mol. The van der Waals surface area contributed by atoms with Gasteiger partial charge >= 0.3 is 6.18 Å². The Labute approximate surface area is 117 Å². The summed E-state index contributed by atoms with van der Waals surface area (Å²) in [7, 11) is 0. The van der Waals surface area contributed by atoms with E-state index in [0.29, 0.717) is 17.1 Å². The van der Waals surface area contributed by atoms with Crippen molar-refractivity contribution < 1.29 is 13.2 Å². The van der Waals surface area contributed by atoms with E-state index in [0.717, 1.165) is 31.7 Å². The Morgan fingerprint density at radius 1 is 1.20 bits per heavy atom. The summed E-state index contributed by atoms with van der Waals surface area (Å²) in [6, 6.07) is 2.82. The molecule has 5 heteroatoms. The molecule has 2 rings (SSSR count). The standard InChI is InChI=1S/C15H21F3N2/c1-14(2)8-3-4-11(7-9-14)20-12-5-6-13(19-10-12)15(16,17)18/h5-6,10-11,20H,3-4,7-9H2,1-2H3. The van der Waals surface area contributed by atoms with E-state index in [2.05, 4.69) is 24.1 Å². The average Bonchev–Trinajstić information content (AvgIpc) is 2.51. The molecule has 1 aliphatic carbocycles. The van der Waals surface area contributed by atoms with E-state index in [-0.39, 0.29) is 0 Å². The molecule has 0 bridgehead atoms. The van der Waals surface area contributed by atoms with Gasteiger partial charge in [-0.1, -0.05) is 20.3 Å². The molecule has 112 valence electrons. The van der Waals surface area contributed by atoms with Crippen molar-refractivity contribution in [2.75, 3.05) is 5.32 Å². The van der Waals surface area contributed by atoms with Crippen LogP contribution in [0.5, 0.6) is 0 Å². The molecule has 0 spiro atoms. The first-order chi connectivity index (χ1) is 9.26.